The number of ether oxygens (including phenoxy) is 1. The first-order chi connectivity index (χ1) is 8.87. The molecule has 0 bridgehead atoms. The molecule has 7 heteroatoms. The summed E-state index contributed by atoms with van der Waals surface area (Å²) in [5, 5.41) is 3.19. The highest BCUT2D eigenvalue weighted by Gasteiger charge is 2.33. The first kappa shape index (κ1) is 16.8. The van der Waals surface area contributed by atoms with Gasteiger partial charge < -0.3 is 10.1 Å². The number of hydrogen-bond donors (Lipinski definition) is 1. The number of nitrogens with zero attached hydrogens (tertiary/aromatic N) is 2. The minimum atomic E-state index is -3.36. The monoisotopic (exact) mass is 293 g/mol. The molecule has 114 valence electrons. The van der Waals surface area contributed by atoms with Crippen molar-refractivity contribution in [2.24, 2.45) is 0 Å². The van der Waals surface area contributed by atoms with Crippen molar-refractivity contribution < 1.29 is 13.2 Å². The van der Waals surface area contributed by atoms with Crippen molar-refractivity contribution in [3.05, 3.63) is 0 Å². The Hall–Kier alpha value is -0.210. The molecule has 1 aliphatic heterocycles. The van der Waals surface area contributed by atoms with E-state index >= 15 is 0 Å². The molecule has 0 spiro atoms. The summed E-state index contributed by atoms with van der Waals surface area (Å²) >= 11 is 0. The van der Waals surface area contributed by atoms with Crippen LogP contribution in [0.25, 0.3) is 0 Å². The van der Waals surface area contributed by atoms with Crippen LogP contribution in [0.4, 0.5) is 0 Å². The van der Waals surface area contributed by atoms with E-state index in [1.807, 2.05) is 20.8 Å². The van der Waals surface area contributed by atoms with Gasteiger partial charge in [-0.25, -0.2) is 0 Å². The SMILES string of the molecule is CCNCCCN(C)S(=O)(=O)N1C[C@@H](C)O[C@@H](C)C1. The maximum absolute atomic E-state index is 12.4. The van der Waals surface area contributed by atoms with Gasteiger partial charge >= 0.3 is 0 Å². The topological polar surface area (TPSA) is 61.9 Å². The average molecular weight is 293 g/mol. The highest BCUT2D eigenvalue weighted by atomic mass is 32.2. The molecule has 1 rings (SSSR count). The highest BCUT2D eigenvalue weighted by molar-refractivity contribution is 7.86. The van der Waals surface area contributed by atoms with Crippen LogP contribution in [0.3, 0.4) is 0 Å². The van der Waals surface area contributed by atoms with Gasteiger partial charge in [-0.15, -0.1) is 0 Å². The Kier molecular flexibility index (Phi) is 6.68. The Labute approximate surface area is 117 Å². The molecule has 0 aromatic rings. The van der Waals surface area contributed by atoms with Crippen LogP contribution in [0, 0.1) is 0 Å². The van der Waals surface area contributed by atoms with Crippen molar-refractivity contribution >= 4 is 10.2 Å². The number of nitrogens with one attached hydrogen (secondary N) is 1. The van der Waals surface area contributed by atoms with Gasteiger partial charge in [0.2, 0.25) is 0 Å². The predicted octanol–water partition coefficient (Wildman–Crippen LogP) is 0.272. The molecule has 1 saturated heterocycles. The third kappa shape index (κ3) is 5.00. The first-order valence-electron chi connectivity index (χ1n) is 6.95. The Bertz CT molecular complexity index is 351. The number of hydrogen-bond acceptors (Lipinski definition) is 4. The van der Waals surface area contributed by atoms with Gasteiger partial charge in [-0.1, -0.05) is 6.92 Å². The highest BCUT2D eigenvalue weighted by Crippen LogP contribution is 2.16. The summed E-state index contributed by atoms with van der Waals surface area (Å²) in [6.07, 6.45) is 0.723. The van der Waals surface area contributed by atoms with Crippen LogP contribution >= 0.6 is 0 Å². The fourth-order valence-electron chi connectivity index (χ4n) is 2.24. The zero-order valence-electron chi connectivity index (χ0n) is 12.4. The molecule has 6 nitrogen and oxygen atoms in total. The molecular formula is C12H27N3O3S. The smallest absolute Gasteiger partial charge is 0.281 e. The normalized spacial score (nSPS) is 25.9. The van der Waals surface area contributed by atoms with Crippen LogP contribution in [0.1, 0.15) is 27.2 Å². The lowest BCUT2D eigenvalue weighted by molar-refractivity contribution is -0.0453. The molecule has 1 aliphatic rings. The second-order valence-corrected chi connectivity index (χ2v) is 7.15. The summed E-state index contributed by atoms with van der Waals surface area (Å²) in [4.78, 5) is 0. The van der Waals surface area contributed by atoms with E-state index in [0.29, 0.717) is 19.6 Å². The Morgan fingerprint density at radius 1 is 1.32 bits per heavy atom. The molecule has 0 amide bonds. The van der Waals surface area contributed by atoms with Crippen molar-refractivity contribution in [3.8, 4) is 0 Å². The fourth-order valence-corrected chi connectivity index (χ4v) is 3.79. The standard InChI is InChI=1S/C12H27N3O3S/c1-5-13-7-6-8-14(4)19(16,17)15-9-11(2)18-12(3)10-15/h11-13H,5-10H2,1-4H3/t11-,12+. The van der Waals surface area contributed by atoms with Crippen molar-refractivity contribution in [2.75, 3.05) is 39.8 Å². The van der Waals surface area contributed by atoms with E-state index < -0.39 is 10.2 Å². The van der Waals surface area contributed by atoms with Crippen LogP contribution in [-0.4, -0.2) is 69.0 Å². The second kappa shape index (κ2) is 7.54. The van der Waals surface area contributed by atoms with E-state index in [9.17, 15) is 8.42 Å². The molecule has 1 N–H and O–H groups in total. The molecule has 0 aromatic carbocycles. The third-order valence-corrected chi connectivity index (χ3v) is 5.10. The number of morpholine rings is 1. The molecule has 1 heterocycles. The van der Waals surface area contributed by atoms with Gasteiger partial charge in [0.1, 0.15) is 0 Å². The van der Waals surface area contributed by atoms with E-state index in [4.69, 9.17) is 4.74 Å². The first-order valence-corrected chi connectivity index (χ1v) is 8.35. The Morgan fingerprint density at radius 2 is 1.89 bits per heavy atom. The minimum Gasteiger partial charge on any atom is -0.373 e. The lowest BCUT2D eigenvalue weighted by atomic mass is 10.3. The zero-order valence-corrected chi connectivity index (χ0v) is 13.2. The van der Waals surface area contributed by atoms with Crippen molar-refractivity contribution in [1.29, 1.82) is 0 Å². The maximum Gasteiger partial charge on any atom is 0.281 e. The Morgan fingerprint density at radius 3 is 2.42 bits per heavy atom. The summed E-state index contributed by atoms with van der Waals surface area (Å²) in [6.45, 7) is 9.01. The Balaban J connectivity index is 2.53. The van der Waals surface area contributed by atoms with Crippen LogP contribution in [0.15, 0.2) is 0 Å². The van der Waals surface area contributed by atoms with Crippen LogP contribution in [0.5, 0.6) is 0 Å². The van der Waals surface area contributed by atoms with Crippen molar-refractivity contribution in [2.45, 2.75) is 39.4 Å². The molecule has 0 aromatic heterocycles. The summed E-state index contributed by atoms with van der Waals surface area (Å²) in [5.74, 6) is 0. The van der Waals surface area contributed by atoms with Gasteiger partial charge in [-0.3, -0.25) is 0 Å². The molecule has 0 aliphatic carbocycles. The van der Waals surface area contributed by atoms with E-state index in [-0.39, 0.29) is 12.2 Å². The van der Waals surface area contributed by atoms with Gasteiger partial charge in [-0.05, 0) is 33.4 Å². The van der Waals surface area contributed by atoms with Crippen molar-refractivity contribution in [3.63, 3.8) is 0 Å². The molecule has 0 unspecified atom stereocenters. The zero-order chi connectivity index (χ0) is 14.5. The summed E-state index contributed by atoms with van der Waals surface area (Å²) < 4.78 is 33.4. The van der Waals surface area contributed by atoms with Crippen molar-refractivity contribution in [1.82, 2.24) is 13.9 Å². The van der Waals surface area contributed by atoms with Gasteiger partial charge in [-0.2, -0.15) is 17.0 Å². The van der Waals surface area contributed by atoms with Gasteiger partial charge in [0.25, 0.3) is 10.2 Å². The maximum atomic E-state index is 12.4. The van der Waals surface area contributed by atoms with Crippen LogP contribution < -0.4 is 5.32 Å². The van der Waals surface area contributed by atoms with Gasteiger partial charge in [0.15, 0.2) is 0 Å². The molecule has 2 atom stereocenters. The van der Waals surface area contributed by atoms with Crippen LogP contribution in [0.2, 0.25) is 0 Å². The van der Waals surface area contributed by atoms with E-state index in [0.717, 1.165) is 19.5 Å². The lowest BCUT2D eigenvalue weighted by Crippen LogP contribution is -2.52. The molecule has 1 fully saturated rings. The summed E-state index contributed by atoms with van der Waals surface area (Å²) in [7, 11) is -1.71. The summed E-state index contributed by atoms with van der Waals surface area (Å²) in [6, 6.07) is 0. The van der Waals surface area contributed by atoms with Gasteiger partial charge in [0.05, 0.1) is 12.2 Å². The predicted molar refractivity (Wildman–Crippen MR) is 76.3 cm³/mol. The minimum absolute atomic E-state index is 0.0475. The molecule has 0 saturated carbocycles. The van der Waals surface area contributed by atoms with Crippen LogP contribution in [-0.2, 0) is 14.9 Å². The second-order valence-electron chi connectivity index (χ2n) is 5.11. The average Bonchev–Trinajstić information content (AvgIpc) is 2.33. The molecular weight excluding hydrogens is 266 g/mol. The number of rotatable bonds is 7. The lowest BCUT2D eigenvalue weighted by Gasteiger charge is -2.36. The van der Waals surface area contributed by atoms with Gasteiger partial charge in [0, 0.05) is 26.7 Å². The largest absolute Gasteiger partial charge is 0.373 e. The van der Waals surface area contributed by atoms with E-state index in [1.165, 1.54) is 8.61 Å². The van der Waals surface area contributed by atoms with E-state index in [2.05, 4.69) is 5.32 Å². The third-order valence-electron chi connectivity index (χ3n) is 3.18. The molecule has 0 radical (unpaired) electrons. The van der Waals surface area contributed by atoms with E-state index in [1.54, 1.807) is 7.05 Å². The molecule has 19 heavy (non-hydrogen) atoms. The fraction of sp³-hybridized carbons (Fsp3) is 1.00. The summed E-state index contributed by atoms with van der Waals surface area (Å²) in [5.41, 5.74) is 0. The quantitative estimate of drug-likeness (QED) is 0.685.